The third-order valence-corrected chi connectivity index (χ3v) is 4.25. The van der Waals surface area contributed by atoms with Gasteiger partial charge in [0, 0.05) is 12.1 Å². The van der Waals surface area contributed by atoms with Crippen LogP contribution in [-0.2, 0) is 0 Å². The number of unbranched alkanes of at least 4 members (excludes halogenated alkanes) is 1. The fourth-order valence-electron chi connectivity index (χ4n) is 2.42. The van der Waals surface area contributed by atoms with Gasteiger partial charge in [-0.05, 0) is 54.4 Å². The SMILES string of the molecule is CCCCOc1ccc(-c2nc(N)nc(C)c2C(=O)NCC)cc1Br. The molecule has 0 aliphatic rings. The van der Waals surface area contributed by atoms with Crippen molar-refractivity contribution in [3.63, 3.8) is 0 Å². The number of anilines is 1. The Morgan fingerprint density at radius 1 is 1.32 bits per heavy atom. The van der Waals surface area contributed by atoms with E-state index in [4.69, 9.17) is 10.5 Å². The Kier molecular flexibility index (Phi) is 6.75. The lowest BCUT2D eigenvalue weighted by molar-refractivity contribution is 0.0955. The zero-order chi connectivity index (χ0) is 18.4. The van der Waals surface area contributed by atoms with Gasteiger partial charge in [0.15, 0.2) is 0 Å². The van der Waals surface area contributed by atoms with Gasteiger partial charge in [0.05, 0.1) is 28.0 Å². The summed E-state index contributed by atoms with van der Waals surface area (Å²) in [6.07, 6.45) is 2.07. The van der Waals surface area contributed by atoms with Crippen molar-refractivity contribution in [3.8, 4) is 17.0 Å². The fraction of sp³-hybridized carbons (Fsp3) is 0.389. The van der Waals surface area contributed by atoms with Gasteiger partial charge in [-0.2, -0.15) is 0 Å². The topological polar surface area (TPSA) is 90.1 Å². The predicted octanol–water partition coefficient (Wildman–Crippen LogP) is 3.73. The number of nitrogen functional groups attached to an aromatic ring is 1. The highest BCUT2D eigenvalue weighted by molar-refractivity contribution is 9.10. The summed E-state index contributed by atoms with van der Waals surface area (Å²) >= 11 is 3.53. The summed E-state index contributed by atoms with van der Waals surface area (Å²) in [5.41, 5.74) is 8.06. The Morgan fingerprint density at radius 2 is 2.08 bits per heavy atom. The number of carbonyl (C=O) groups excluding carboxylic acids is 1. The molecule has 0 fully saturated rings. The van der Waals surface area contributed by atoms with Gasteiger partial charge in [-0.3, -0.25) is 4.79 Å². The summed E-state index contributed by atoms with van der Waals surface area (Å²) in [4.78, 5) is 20.8. The molecular weight excluding hydrogens is 384 g/mol. The first-order chi connectivity index (χ1) is 12.0. The maximum atomic E-state index is 12.4. The second-order valence-corrected chi connectivity index (χ2v) is 6.45. The van der Waals surface area contributed by atoms with Gasteiger partial charge in [-0.25, -0.2) is 9.97 Å². The van der Waals surface area contributed by atoms with Crippen molar-refractivity contribution in [2.24, 2.45) is 0 Å². The number of rotatable bonds is 7. The number of hydrogen-bond donors (Lipinski definition) is 2. The number of aromatic nitrogens is 2. The molecule has 7 heteroatoms. The number of benzene rings is 1. The van der Waals surface area contributed by atoms with E-state index >= 15 is 0 Å². The zero-order valence-corrected chi connectivity index (χ0v) is 16.3. The molecule has 0 saturated heterocycles. The Labute approximate surface area is 156 Å². The molecular formula is C18H23BrN4O2. The fourth-order valence-corrected chi connectivity index (χ4v) is 2.91. The standard InChI is InChI=1S/C18H23BrN4O2/c1-4-6-9-25-14-8-7-12(10-13(14)19)16-15(17(24)21-5-2)11(3)22-18(20)23-16/h7-8,10H,4-6,9H2,1-3H3,(H,21,24)(H2,20,22,23). The lowest BCUT2D eigenvalue weighted by Crippen LogP contribution is -2.25. The van der Waals surface area contributed by atoms with Crippen molar-refractivity contribution in [1.29, 1.82) is 0 Å². The normalized spacial score (nSPS) is 10.6. The van der Waals surface area contributed by atoms with Crippen LogP contribution >= 0.6 is 15.9 Å². The van der Waals surface area contributed by atoms with Gasteiger partial charge >= 0.3 is 0 Å². The lowest BCUT2D eigenvalue weighted by atomic mass is 10.0. The Balaban J connectivity index is 2.44. The molecule has 2 aromatic rings. The number of aryl methyl sites for hydroxylation is 1. The first kappa shape index (κ1) is 19.2. The van der Waals surface area contributed by atoms with Crippen molar-refractivity contribution in [2.75, 3.05) is 18.9 Å². The van der Waals surface area contributed by atoms with Gasteiger partial charge in [-0.15, -0.1) is 0 Å². The molecule has 1 amide bonds. The van der Waals surface area contributed by atoms with E-state index < -0.39 is 0 Å². The smallest absolute Gasteiger partial charge is 0.255 e. The molecule has 0 atom stereocenters. The van der Waals surface area contributed by atoms with E-state index in [9.17, 15) is 4.79 Å². The lowest BCUT2D eigenvalue weighted by Gasteiger charge is -2.13. The first-order valence-electron chi connectivity index (χ1n) is 8.32. The molecule has 2 rings (SSSR count). The molecule has 3 N–H and O–H groups in total. The number of hydrogen-bond acceptors (Lipinski definition) is 5. The van der Waals surface area contributed by atoms with E-state index in [0.29, 0.717) is 30.1 Å². The number of nitrogens with two attached hydrogens (primary N) is 1. The van der Waals surface area contributed by atoms with E-state index in [1.54, 1.807) is 6.92 Å². The van der Waals surface area contributed by atoms with E-state index in [-0.39, 0.29) is 11.9 Å². The summed E-state index contributed by atoms with van der Waals surface area (Å²) in [5.74, 6) is 0.685. The maximum absolute atomic E-state index is 12.4. The quantitative estimate of drug-likeness (QED) is 0.683. The van der Waals surface area contributed by atoms with Gasteiger partial charge < -0.3 is 15.8 Å². The highest BCUT2D eigenvalue weighted by atomic mass is 79.9. The third kappa shape index (κ3) is 4.69. The summed E-state index contributed by atoms with van der Waals surface area (Å²) in [5, 5.41) is 2.80. The zero-order valence-electron chi connectivity index (χ0n) is 14.7. The van der Waals surface area contributed by atoms with Crippen LogP contribution in [0.1, 0.15) is 42.7 Å². The van der Waals surface area contributed by atoms with Crippen molar-refractivity contribution in [1.82, 2.24) is 15.3 Å². The number of amides is 1. The molecule has 0 spiro atoms. The van der Waals surface area contributed by atoms with Crippen LogP contribution in [0.2, 0.25) is 0 Å². The van der Waals surface area contributed by atoms with E-state index in [0.717, 1.165) is 28.6 Å². The molecule has 1 aromatic heterocycles. The number of nitrogens with one attached hydrogen (secondary N) is 1. The van der Waals surface area contributed by atoms with Crippen LogP contribution in [0.15, 0.2) is 22.7 Å². The van der Waals surface area contributed by atoms with Crippen LogP contribution in [0.3, 0.4) is 0 Å². The van der Waals surface area contributed by atoms with Crippen LogP contribution in [0.4, 0.5) is 5.95 Å². The average Bonchev–Trinajstić information content (AvgIpc) is 2.55. The van der Waals surface area contributed by atoms with E-state index in [1.807, 2.05) is 25.1 Å². The van der Waals surface area contributed by atoms with Gasteiger partial charge in [0.2, 0.25) is 5.95 Å². The number of nitrogens with zero attached hydrogens (tertiary/aromatic N) is 2. The summed E-state index contributed by atoms with van der Waals surface area (Å²) in [6.45, 7) is 6.92. The molecule has 0 aliphatic heterocycles. The monoisotopic (exact) mass is 406 g/mol. The average molecular weight is 407 g/mol. The number of carbonyl (C=O) groups is 1. The second-order valence-electron chi connectivity index (χ2n) is 5.60. The summed E-state index contributed by atoms with van der Waals surface area (Å²) < 4.78 is 6.55. The van der Waals surface area contributed by atoms with Crippen LogP contribution in [0.5, 0.6) is 5.75 Å². The van der Waals surface area contributed by atoms with Gasteiger partial charge in [0.25, 0.3) is 5.91 Å². The number of ether oxygens (including phenoxy) is 1. The molecule has 0 radical (unpaired) electrons. The molecule has 0 bridgehead atoms. The minimum absolute atomic E-state index is 0.139. The molecule has 6 nitrogen and oxygen atoms in total. The second kappa shape index (κ2) is 8.80. The largest absolute Gasteiger partial charge is 0.492 e. The molecule has 1 aromatic carbocycles. The maximum Gasteiger partial charge on any atom is 0.255 e. The van der Waals surface area contributed by atoms with Crippen molar-refractivity contribution in [3.05, 3.63) is 33.9 Å². The van der Waals surface area contributed by atoms with Crippen LogP contribution in [0, 0.1) is 6.92 Å². The van der Waals surface area contributed by atoms with Crippen LogP contribution in [0.25, 0.3) is 11.3 Å². The van der Waals surface area contributed by atoms with Crippen molar-refractivity contribution < 1.29 is 9.53 Å². The molecule has 0 unspecified atom stereocenters. The van der Waals surface area contributed by atoms with Gasteiger partial charge in [0.1, 0.15) is 5.75 Å². The molecule has 0 aliphatic carbocycles. The van der Waals surface area contributed by atoms with Crippen LogP contribution < -0.4 is 15.8 Å². The third-order valence-electron chi connectivity index (χ3n) is 3.63. The van der Waals surface area contributed by atoms with E-state index in [1.165, 1.54) is 0 Å². The van der Waals surface area contributed by atoms with Gasteiger partial charge in [-0.1, -0.05) is 13.3 Å². The number of halogens is 1. The Hall–Kier alpha value is -2.15. The minimum Gasteiger partial charge on any atom is -0.492 e. The Bertz CT molecular complexity index is 765. The summed E-state index contributed by atoms with van der Waals surface area (Å²) in [7, 11) is 0. The molecule has 0 saturated carbocycles. The van der Waals surface area contributed by atoms with Crippen molar-refractivity contribution in [2.45, 2.75) is 33.6 Å². The van der Waals surface area contributed by atoms with Crippen LogP contribution in [-0.4, -0.2) is 29.0 Å². The van der Waals surface area contributed by atoms with E-state index in [2.05, 4.69) is 38.1 Å². The first-order valence-corrected chi connectivity index (χ1v) is 9.12. The minimum atomic E-state index is -0.214. The molecule has 134 valence electrons. The predicted molar refractivity (Wildman–Crippen MR) is 103 cm³/mol. The van der Waals surface area contributed by atoms with Crippen molar-refractivity contribution >= 4 is 27.8 Å². The Morgan fingerprint density at radius 3 is 2.72 bits per heavy atom. The highest BCUT2D eigenvalue weighted by Crippen LogP contribution is 2.32. The molecule has 25 heavy (non-hydrogen) atoms. The highest BCUT2D eigenvalue weighted by Gasteiger charge is 2.19. The summed E-state index contributed by atoms with van der Waals surface area (Å²) in [6, 6.07) is 5.62. The molecule has 1 heterocycles.